The van der Waals surface area contributed by atoms with Crippen molar-refractivity contribution in [3.05, 3.63) is 53.7 Å². The second-order valence-corrected chi connectivity index (χ2v) is 6.55. The molecule has 1 aromatic heterocycles. The Morgan fingerprint density at radius 2 is 2.00 bits per heavy atom. The fourth-order valence-electron chi connectivity index (χ4n) is 3.64. The average Bonchev–Trinajstić information content (AvgIpc) is 2.73. The number of carbonyl (C=O) groups excluding carboxylic acids is 1. The minimum Gasteiger partial charge on any atom is -0.493 e. The Morgan fingerprint density at radius 3 is 2.81 bits per heavy atom. The third-order valence-corrected chi connectivity index (χ3v) is 5.05. The molecule has 0 bridgehead atoms. The fraction of sp³-hybridized carbons (Fsp3) is 0.350. The number of aromatic nitrogens is 1. The van der Waals surface area contributed by atoms with E-state index in [-0.39, 0.29) is 11.8 Å². The molecule has 2 aliphatic heterocycles. The maximum atomic E-state index is 13.1. The lowest BCUT2D eigenvalue weighted by Gasteiger charge is -2.38. The van der Waals surface area contributed by atoms with Crippen molar-refractivity contribution in [2.24, 2.45) is 0 Å². The second kappa shape index (κ2) is 7.04. The van der Waals surface area contributed by atoms with Crippen molar-refractivity contribution in [3.63, 3.8) is 0 Å². The van der Waals surface area contributed by atoms with Crippen LogP contribution in [-0.2, 0) is 4.79 Å². The van der Waals surface area contributed by atoms with Crippen LogP contribution in [0, 0.1) is 11.3 Å². The zero-order valence-electron chi connectivity index (χ0n) is 14.5. The molecule has 6 heteroatoms. The van der Waals surface area contributed by atoms with E-state index in [0.29, 0.717) is 25.3 Å². The standard InChI is InChI=1S/C20H20N4O2/c21-14-15-5-7-22-19(13-15)23-8-10-24(11-9-23)20(25)17-6-12-26-18-4-2-1-3-16(17)18/h1-5,7,13,17H,6,8-12H2/t17-/m1/s1. The molecule has 1 fully saturated rings. The summed E-state index contributed by atoms with van der Waals surface area (Å²) in [6.07, 6.45) is 2.38. The van der Waals surface area contributed by atoms with Gasteiger partial charge in [-0.3, -0.25) is 4.79 Å². The molecule has 0 saturated carbocycles. The first-order chi connectivity index (χ1) is 12.8. The molecule has 2 aromatic rings. The highest BCUT2D eigenvalue weighted by Crippen LogP contribution is 2.34. The van der Waals surface area contributed by atoms with E-state index in [1.165, 1.54) is 0 Å². The second-order valence-electron chi connectivity index (χ2n) is 6.55. The van der Waals surface area contributed by atoms with Gasteiger partial charge in [0.1, 0.15) is 11.6 Å². The van der Waals surface area contributed by atoms with Gasteiger partial charge in [-0.1, -0.05) is 18.2 Å². The molecule has 6 nitrogen and oxygen atoms in total. The number of benzene rings is 1. The van der Waals surface area contributed by atoms with Gasteiger partial charge < -0.3 is 14.5 Å². The Kier molecular flexibility index (Phi) is 4.44. The largest absolute Gasteiger partial charge is 0.493 e. The topological polar surface area (TPSA) is 69.5 Å². The molecule has 0 unspecified atom stereocenters. The van der Waals surface area contributed by atoms with Gasteiger partial charge >= 0.3 is 0 Å². The molecule has 3 heterocycles. The summed E-state index contributed by atoms with van der Waals surface area (Å²) < 4.78 is 5.67. The van der Waals surface area contributed by atoms with Crippen LogP contribution in [-0.4, -0.2) is 48.6 Å². The molecule has 4 rings (SSSR count). The Morgan fingerprint density at radius 1 is 1.19 bits per heavy atom. The summed E-state index contributed by atoms with van der Waals surface area (Å²) in [6.45, 7) is 3.35. The number of carbonyl (C=O) groups is 1. The Hall–Kier alpha value is -3.07. The lowest BCUT2D eigenvalue weighted by molar-refractivity contribution is -0.133. The van der Waals surface area contributed by atoms with Crippen molar-refractivity contribution < 1.29 is 9.53 Å². The molecule has 1 saturated heterocycles. The van der Waals surface area contributed by atoms with Crippen LogP contribution in [0.2, 0.25) is 0 Å². The molecule has 1 atom stereocenters. The van der Waals surface area contributed by atoms with Gasteiger partial charge in [-0.25, -0.2) is 4.98 Å². The molecular weight excluding hydrogens is 328 g/mol. The van der Waals surface area contributed by atoms with Crippen molar-refractivity contribution in [1.29, 1.82) is 5.26 Å². The number of fused-ring (bicyclic) bond motifs is 1. The van der Waals surface area contributed by atoms with E-state index >= 15 is 0 Å². The predicted octanol–water partition coefficient (Wildman–Crippen LogP) is 2.17. The van der Waals surface area contributed by atoms with Gasteiger partial charge in [0.25, 0.3) is 0 Å². The van der Waals surface area contributed by atoms with Crippen LogP contribution in [0.4, 0.5) is 5.82 Å². The minimum atomic E-state index is -0.119. The first-order valence-corrected chi connectivity index (χ1v) is 8.88. The Balaban J connectivity index is 1.44. The third-order valence-electron chi connectivity index (χ3n) is 5.05. The molecule has 26 heavy (non-hydrogen) atoms. The van der Waals surface area contributed by atoms with Crippen molar-refractivity contribution >= 4 is 11.7 Å². The van der Waals surface area contributed by atoms with Gasteiger partial charge in [-0.15, -0.1) is 0 Å². The van der Waals surface area contributed by atoms with Crippen molar-refractivity contribution in [2.45, 2.75) is 12.3 Å². The van der Waals surface area contributed by atoms with Gasteiger partial charge in [0.2, 0.25) is 5.91 Å². The Labute approximate surface area is 152 Å². The van der Waals surface area contributed by atoms with Crippen LogP contribution in [0.5, 0.6) is 5.75 Å². The molecule has 1 amide bonds. The molecule has 0 radical (unpaired) electrons. The maximum Gasteiger partial charge on any atom is 0.230 e. The van der Waals surface area contributed by atoms with E-state index in [0.717, 1.165) is 36.6 Å². The number of pyridine rings is 1. The van der Waals surface area contributed by atoms with Crippen LogP contribution < -0.4 is 9.64 Å². The third kappa shape index (κ3) is 3.08. The first-order valence-electron chi connectivity index (χ1n) is 8.88. The SMILES string of the molecule is N#Cc1ccnc(N2CCN(C(=O)[C@@H]3CCOc4ccccc43)CC2)c1. The van der Waals surface area contributed by atoms with E-state index in [9.17, 15) is 4.79 Å². The maximum absolute atomic E-state index is 13.1. The van der Waals surface area contributed by atoms with Crippen molar-refractivity contribution in [1.82, 2.24) is 9.88 Å². The predicted molar refractivity (Wildman–Crippen MR) is 97.0 cm³/mol. The zero-order valence-corrected chi connectivity index (χ0v) is 14.5. The van der Waals surface area contributed by atoms with Crippen LogP contribution in [0.1, 0.15) is 23.5 Å². The number of ether oxygens (including phenoxy) is 1. The molecule has 2 aliphatic rings. The van der Waals surface area contributed by atoms with Gasteiger partial charge in [-0.05, 0) is 24.6 Å². The summed E-state index contributed by atoms with van der Waals surface area (Å²) >= 11 is 0. The molecule has 0 aliphatic carbocycles. The number of rotatable bonds is 2. The normalized spacial score (nSPS) is 19.3. The van der Waals surface area contributed by atoms with E-state index in [4.69, 9.17) is 10.00 Å². The van der Waals surface area contributed by atoms with Gasteiger partial charge in [0.05, 0.1) is 24.2 Å². The Bertz CT molecular complexity index is 853. The lowest BCUT2D eigenvalue weighted by atomic mass is 9.91. The number of amides is 1. The summed E-state index contributed by atoms with van der Waals surface area (Å²) in [6, 6.07) is 13.5. The molecular formula is C20H20N4O2. The smallest absolute Gasteiger partial charge is 0.230 e. The zero-order chi connectivity index (χ0) is 17.9. The quantitative estimate of drug-likeness (QED) is 0.832. The van der Waals surface area contributed by atoms with Gasteiger partial charge in [-0.2, -0.15) is 5.26 Å². The number of anilines is 1. The highest BCUT2D eigenvalue weighted by atomic mass is 16.5. The molecule has 0 spiro atoms. The summed E-state index contributed by atoms with van der Waals surface area (Å²) in [5.74, 6) is 1.69. The molecule has 0 N–H and O–H groups in total. The van der Waals surface area contributed by atoms with Crippen LogP contribution in [0.15, 0.2) is 42.6 Å². The molecule has 132 valence electrons. The fourth-order valence-corrected chi connectivity index (χ4v) is 3.64. The van der Waals surface area contributed by atoms with Crippen molar-refractivity contribution in [3.8, 4) is 11.8 Å². The average molecular weight is 348 g/mol. The number of hydrogen-bond acceptors (Lipinski definition) is 5. The number of nitriles is 1. The van der Waals surface area contributed by atoms with Crippen molar-refractivity contribution in [2.75, 3.05) is 37.7 Å². The van der Waals surface area contributed by atoms with Gasteiger partial charge in [0.15, 0.2) is 0 Å². The first kappa shape index (κ1) is 16.4. The van der Waals surface area contributed by atoms with E-state index in [1.807, 2.05) is 29.2 Å². The summed E-state index contributed by atoms with van der Waals surface area (Å²) in [7, 11) is 0. The number of hydrogen-bond donors (Lipinski definition) is 0. The number of nitrogens with zero attached hydrogens (tertiary/aromatic N) is 4. The lowest BCUT2D eigenvalue weighted by Crippen LogP contribution is -2.50. The van der Waals surface area contributed by atoms with Crippen LogP contribution in [0.3, 0.4) is 0 Å². The highest BCUT2D eigenvalue weighted by Gasteiger charge is 2.32. The summed E-state index contributed by atoms with van der Waals surface area (Å²) in [4.78, 5) is 21.5. The monoisotopic (exact) mass is 348 g/mol. The van der Waals surface area contributed by atoms with E-state index in [2.05, 4.69) is 16.0 Å². The number of piperazine rings is 1. The number of para-hydroxylation sites is 1. The summed E-state index contributed by atoms with van der Waals surface area (Å²) in [5.41, 5.74) is 1.60. The van der Waals surface area contributed by atoms with Crippen LogP contribution >= 0.6 is 0 Å². The highest BCUT2D eigenvalue weighted by molar-refractivity contribution is 5.85. The van der Waals surface area contributed by atoms with Gasteiger partial charge in [0, 0.05) is 37.9 Å². The van der Waals surface area contributed by atoms with E-state index < -0.39 is 0 Å². The van der Waals surface area contributed by atoms with E-state index in [1.54, 1.807) is 18.3 Å². The minimum absolute atomic E-state index is 0.119. The summed E-state index contributed by atoms with van der Waals surface area (Å²) in [5, 5.41) is 9.04. The van der Waals surface area contributed by atoms with Crippen LogP contribution in [0.25, 0.3) is 0 Å². The molecule has 1 aromatic carbocycles.